The summed E-state index contributed by atoms with van der Waals surface area (Å²) in [6.45, 7) is 9.07. The number of hydrogen-bond acceptors (Lipinski definition) is 3. The molecule has 3 N–H and O–H groups in total. The van der Waals surface area contributed by atoms with Gasteiger partial charge in [-0.1, -0.05) is 67.6 Å². The van der Waals surface area contributed by atoms with Gasteiger partial charge in [0.05, 0.1) is 0 Å². The van der Waals surface area contributed by atoms with Crippen LogP contribution in [0, 0.1) is 0 Å². The van der Waals surface area contributed by atoms with Gasteiger partial charge in [0.2, 0.25) is 0 Å². The van der Waals surface area contributed by atoms with Gasteiger partial charge >= 0.3 is 0 Å². The van der Waals surface area contributed by atoms with Gasteiger partial charge in [0.25, 0.3) is 0 Å². The average molecular weight is 551 g/mol. The maximum Gasteiger partial charge on any atom is 0.191 e. The van der Waals surface area contributed by atoms with Gasteiger partial charge in [-0.25, -0.2) is 0 Å². The van der Waals surface area contributed by atoms with Crippen molar-refractivity contribution in [2.24, 2.45) is 4.99 Å². The SMILES string of the molecule is CN=C(NCC1(NC(C)c2ccccc2)CCOCC1)NC(C)C(C)c1ccccc1.I. The number of aliphatic imine (C=N–C) groups is 1. The molecule has 3 rings (SSSR count). The number of ether oxygens (including phenoxy) is 1. The van der Waals surface area contributed by atoms with Crippen molar-refractivity contribution in [1.82, 2.24) is 16.0 Å². The zero-order valence-electron chi connectivity index (χ0n) is 19.8. The zero-order valence-corrected chi connectivity index (χ0v) is 22.1. The molecule has 3 atom stereocenters. The van der Waals surface area contributed by atoms with Crippen molar-refractivity contribution in [3.05, 3.63) is 71.8 Å². The van der Waals surface area contributed by atoms with Crippen LogP contribution < -0.4 is 16.0 Å². The highest BCUT2D eigenvalue weighted by atomic mass is 127. The smallest absolute Gasteiger partial charge is 0.191 e. The molecule has 2 aromatic rings. The van der Waals surface area contributed by atoms with Crippen LogP contribution in [-0.4, -0.2) is 44.3 Å². The van der Waals surface area contributed by atoms with Gasteiger partial charge in [0, 0.05) is 50.3 Å². The second-order valence-electron chi connectivity index (χ2n) is 8.73. The van der Waals surface area contributed by atoms with Gasteiger partial charge in [-0.15, -0.1) is 24.0 Å². The summed E-state index contributed by atoms with van der Waals surface area (Å²) in [5.74, 6) is 1.23. The quantitative estimate of drug-likeness (QED) is 0.250. The van der Waals surface area contributed by atoms with E-state index >= 15 is 0 Å². The topological polar surface area (TPSA) is 57.7 Å². The molecule has 0 aliphatic carbocycles. The molecular formula is C26H39IN4O. The maximum atomic E-state index is 5.68. The first-order valence-corrected chi connectivity index (χ1v) is 11.5. The molecule has 5 nitrogen and oxygen atoms in total. The van der Waals surface area contributed by atoms with Crippen LogP contribution in [0.5, 0.6) is 0 Å². The number of guanidine groups is 1. The zero-order chi connectivity index (χ0) is 22.1. The molecular weight excluding hydrogens is 511 g/mol. The lowest BCUT2D eigenvalue weighted by molar-refractivity contribution is 0.0354. The minimum atomic E-state index is -0.0284. The van der Waals surface area contributed by atoms with Gasteiger partial charge in [0.15, 0.2) is 5.96 Å². The van der Waals surface area contributed by atoms with Crippen molar-refractivity contribution >= 4 is 29.9 Å². The van der Waals surface area contributed by atoms with Gasteiger partial charge in [0.1, 0.15) is 0 Å². The maximum absolute atomic E-state index is 5.68. The number of halogens is 1. The van der Waals surface area contributed by atoms with Gasteiger partial charge < -0.3 is 20.7 Å². The molecule has 2 aromatic carbocycles. The third-order valence-corrected chi connectivity index (χ3v) is 6.53. The van der Waals surface area contributed by atoms with Crippen molar-refractivity contribution < 1.29 is 4.74 Å². The minimum absolute atomic E-state index is 0. The molecule has 1 saturated heterocycles. The van der Waals surface area contributed by atoms with E-state index in [1.807, 2.05) is 7.05 Å². The van der Waals surface area contributed by atoms with Crippen LogP contribution in [0.2, 0.25) is 0 Å². The molecule has 1 heterocycles. The Hall–Kier alpha value is -1.64. The van der Waals surface area contributed by atoms with Crippen LogP contribution >= 0.6 is 24.0 Å². The molecule has 0 amide bonds. The summed E-state index contributed by atoms with van der Waals surface area (Å²) in [4.78, 5) is 4.49. The Balaban J connectivity index is 0.00000363. The fraction of sp³-hybridized carbons (Fsp3) is 0.500. The monoisotopic (exact) mass is 550 g/mol. The Morgan fingerprint density at radius 2 is 1.50 bits per heavy atom. The number of benzene rings is 2. The first-order valence-electron chi connectivity index (χ1n) is 11.5. The number of hydrogen-bond donors (Lipinski definition) is 3. The van der Waals surface area contributed by atoms with Gasteiger partial charge in [-0.05, 0) is 37.8 Å². The second-order valence-corrected chi connectivity index (χ2v) is 8.73. The highest BCUT2D eigenvalue weighted by Crippen LogP contribution is 2.25. The van der Waals surface area contributed by atoms with Crippen LogP contribution in [0.1, 0.15) is 56.7 Å². The normalized spacial score (nSPS) is 18.7. The molecule has 1 aliphatic rings. The van der Waals surface area contributed by atoms with Crippen molar-refractivity contribution in [2.75, 3.05) is 26.8 Å². The Morgan fingerprint density at radius 1 is 0.938 bits per heavy atom. The van der Waals surface area contributed by atoms with E-state index in [4.69, 9.17) is 4.74 Å². The van der Waals surface area contributed by atoms with Gasteiger partial charge in [-0.3, -0.25) is 4.99 Å². The fourth-order valence-corrected chi connectivity index (χ4v) is 4.25. The molecule has 0 bridgehead atoms. The van der Waals surface area contributed by atoms with E-state index < -0.39 is 0 Å². The molecule has 1 fully saturated rings. The predicted molar refractivity (Wildman–Crippen MR) is 145 cm³/mol. The van der Waals surface area contributed by atoms with Crippen LogP contribution in [-0.2, 0) is 4.74 Å². The van der Waals surface area contributed by atoms with Crippen molar-refractivity contribution in [2.45, 2.75) is 57.2 Å². The summed E-state index contributed by atoms with van der Waals surface area (Å²) in [5, 5.41) is 11.1. The molecule has 6 heteroatoms. The Bertz CT molecular complexity index is 809. The third kappa shape index (κ3) is 7.46. The van der Waals surface area contributed by atoms with Crippen molar-refractivity contribution in [3.63, 3.8) is 0 Å². The lowest BCUT2D eigenvalue weighted by atomic mass is 9.88. The lowest BCUT2D eigenvalue weighted by Gasteiger charge is -2.41. The van der Waals surface area contributed by atoms with E-state index in [-0.39, 0.29) is 41.6 Å². The van der Waals surface area contributed by atoms with E-state index in [2.05, 4.69) is 102 Å². The van der Waals surface area contributed by atoms with Crippen LogP contribution in [0.4, 0.5) is 0 Å². The first kappa shape index (κ1) is 26.6. The fourth-order valence-electron chi connectivity index (χ4n) is 4.25. The molecule has 32 heavy (non-hydrogen) atoms. The highest BCUT2D eigenvalue weighted by molar-refractivity contribution is 14.0. The number of nitrogens with zero attached hydrogens (tertiary/aromatic N) is 1. The molecule has 0 saturated carbocycles. The Kier molecular flexibility index (Phi) is 10.9. The molecule has 176 valence electrons. The molecule has 1 aliphatic heterocycles. The van der Waals surface area contributed by atoms with Crippen LogP contribution in [0.3, 0.4) is 0 Å². The summed E-state index contributed by atoms with van der Waals surface area (Å²) >= 11 is 0. The molecule has 0 aromatic heterocycles. The summed E-state index contributed by atoms with van der Waals surface area (Å²) in [5.41, 5.74) is 2.61. The van der Waals surface area contributed by atoms with Crippen LogP contribution in [0.25, 0.3) is 0 Å². The standard InChI is InChI=1S/C26H38N4O.HI/c1-20(23-11-7-5-8-12-23)21(2)29-25(27-4)28-19-26(15-17-31-18-16-26)30-22(3)24-13-9-6-10-14-24;/h5-14,20-22,30H,15-19H2,1-4H3,(H2,27,28,29);1H. The average Bonchev–Trinajstić information content (AvgIpc) is 2.82. The van der Waals surface area contributed by atoms with E-state index in [1.165, 1.54) is 11.1 Å². The van der Waals surface area contributed by atoms with E-state index in [0.29, 0.717) is 5.92 Å². The Morgan fingerprint density at radius 3 is 2.06 bits per heavy atom. The molecule has 0 radical (unpaired) electrons. The van der Waals surface area contributed by atoms with E-state index in [9.17, 15) is 0 Å². The molecule has 3 unspecified atom stereocenters. The second kappa shape index (κ2) is 13.2. The van der Waals surface area contributed by atoms with E-state index in [1.54, 1.807) is 0 Å². The van der Waals surface area contributed by atoms with Crippen molar-refractivity contribution in [1.29, 1.82) is 0 Å². The van der Waals surface area contributed by atoms with Crippen molar-refractivity contribution in [3.8, 4) is 0 Å². The lowest BCUT2D eigenvalue weighted by Crippen LogP contribution is -2.58. The highest BCUT2D eigenvalue weighted by Gasteiger charge is 2.34. The summed E-state index contributed by atoms with van der Waals surface area (Å²) < 4.78 is 5.68. The number of rotatable bonds is 8. The third-order valence-electron chi connectivity index (χ3n) is 6.53. The summed E-state index contributed by atoms with van der Waals surface area (Å²) in [6.07, 6.45) is 1.95. The predicted octanol–water partition coefficient (Wildman–Crippen LogP) is 4.86. The minimum Gasteiger partial charge on any atom is -0.381 e. The van der Waals surface area contributed by atoms with Gasteiger partial charge in [-0.2, -0.15) is 0 Å². The summed E-state index contributed by atoms with van der Waals surface area (Å²) in [7, 11) is 1.84. The first-order chi connectivity index (χ1) is 15.0. The Labute approximate surface area is 210 Å². The van der Waals surface area contributed by atoms with Crippen LogP contribution in [0.15, 0.2) is 65.7 Å². The molecule has 0 spiro atoms. The summed E-state index contributed by atoms with van der Waals surface area (Å²) in [6, 6.07) is 21.8. The number of nitrogens with one attached hydrogen (secondary N) is 3. The van der Waals surface area contributed by atoms with E-state index in [0.717, 1.165) is 38.6 Å². The largest absolute Gasteiger partial charge is 0.381 e.